The maximum atomic E-state index is 6.40. The van der Waals surface area contributed by atoms with Crippen molar-refractivity contribution >= 4 is 0 Å². The Balaban J connectivity index is 1.61. The molecule has 2 N–H and O–H groups in total. The van der Waals surface area contributed by atoms with Crippen molar-refractivity contribution in [2.24, 2.45) is 5.73 Å². The molecule has 2 aliphatic heterocycles. The number of nitrogens with two attached hydrogens (primary N) is 1. The predicted octanol–water partition coefficient (Wildman–Crippen LogP) is 2.04. The summed E-state index contributed by atoms with van der Waals surface area (Å²) in [5.41, 5.74) is 10.4. The van der Waals surface area contributed by atoms with Gasteiger partial charge in [0, 0.05) is 18.6 Å². The Morgan fingerprint density at radius 1 is 1.35 bits per heavy atom. The third kappa shape index (κ3) is 2.90. The quantitative estimate of drug-likeness (QED) is 0.916. The molecule has 3 atom stereocenters. The lowest BCUT2D eigenvalue weighted by Crippen LogP contribution is -2.53. The topological polar surface area (TPSA) is 38.5 Å². The third-order valence-electron chi connectivity index (χ3n) is 4.94. The van der Waals surface area contributed by atoms with Crippen LogP contribution in [-0.2, 0) is 11.2 Å². The number of fused-ring (bicyclic) bond motifs is 1. The van der Waals surface area contributed by atoms with Gasteiger partial charge in [-0.15, -0.1) is 0 Å². The molecule has 0 saturated carbocycles. The zero-order chi connectivity index (χ0) is 14.1. The number of rotatable bonds is 3. The number of morpholine rings is 1. The molecule has 20 heavy (non-hydrogen) atoms. The van der Waals surface area contributed by atoms with Gasteiger partial charge < -0.3 is 10.5 Å². The number of ether oxygens (including phenoxy) is 1. The van der Waals surface area contributed by atoms with Crippen molar-refractivity contribution in [3.8, 4) is 0 Å². The Kier molecular flexibility index (Phi) is 4.11. The fourth-order valence-corrected chi connectivity index (χ4v) is 3.44. The number of benzene rings is 1. The van der Waals surface area contributed by atoms with Crippen molar-refractivity contribution < 1.29 is 4.74 Å². The molecule has 0 aromatic heterocycles. The molecule has 0 radical (unpaired) electrons. The van der Waals surface area contributed by atoms with E-state index in [0.29, 0.717) is 6.04 Å². The van der Waals surface area contributed by atoms with Gasteiger partial charge in [-0.25, -0.2) is 0 Å². The van der Waals surface area contributed by atoms with Gasteiger partial charge in [0.05, 0.1) is 12.7 Å². The van der Waals surface area contributed by atoms with Crippen molar-refractivity contribution in [3.05, 3.63) is 34.9 Å². The maximum Gasteiger partial charge on any atom is 0.0856 e. The number of hydrogen-bond acceptors (Lipinski definition) is 3. The van der Waals surface area contributed by atoms with Gasteiger partial charge in [-0.05, 0) is 56.3 Å². The molecule has 2 heterocycles. The van der Waals surface area contributed by atoms with Crippen LogP contribution in [0, 0.1) is 13.8 Å². The molecule has 0 spiro atoms. The monoisotopic (exact) mass is 274 g/mol. The molecule has 2 saturated heterocycles. The van der Waals surface area contributed by atoms with Gasteiger partial charge >= 0.3 is 0 Å². The molecular formula is C17H26N2O. The summed E-state index contributed by atoms with van der Waals surface area (Å²) < 4.78 is 6.01. The average Bonchev–Trinajstić information content (AvgIpc) is 2.90. The molecule has 0 bridgehead atoms. The lowest BCUT2D eigenvalue weighted by Gasteiger charge is -2.37. The van der Waals surface area contributed by atoms with Crippen molar-refractivity contribution in [3.63, 3.8) is 0 Å². The van der Waals surface area contributed by atoms with Crippen molar-refractivity contribution in [1.29, 1.82) is 0 Å². The highest BCUT2D eigenvalue weighted by atomic mass is 16.5. The Labute approximate surface area is 122 Å². The van der Waals surface area contributed by atoms with Gasteiger partial charge in [0.15, 0.2) is 0 Å². The number of aryl methyl sites for hydroxylation is 2. The lowest BCUT2D eigenvalue weighted by molar-refractivity contribution is -0.0589. The van der Waals surface area contributed by atoms with Gasteiger partial charge in [0.25, 0.3) is 0 Å². The van der Waals surface area contributed by atoms with Crippen molar-refractivity contribution in [2.75, 3.05) is 19.7 Å². The summed E-state index contributed by atoms with van der Waals surface area (Å²) in [4.78, 5) is 2.56. The first-order valence-electron chi connectivity index (χ1n) is 7.81. The summed E-state index contributed by atoms with van der Waals surface area (Å²) in [5.74, 6) is 0. The summed E-state index contributed by atoms with van der Waals surface area (Å²) in [6.45, 7) is 7.41. The van der Waals surface area contributed by atoms with Gasteiger partial charge in [-0.1, -0.05) is 18.2 Å². The van der Waals surface area contributed by atoms with Crippen LogP contribution in [0.25, 0.3) is 0 Å². The van der Waals surface area contributed by atoms with Crippen LogP contribution >= 0.6 is 0 Å². The van der Waals surface area contributed by atoms with E-state index >= 15 is 0 Å². The van der Waals surface area contributed by atoms with Crippen LogP contribution in [-0.4, -0.2) is 42.8 Å². The summed E-state index contributed by atoms with van der Waals surface area (Å²) in [7, 11) is 0. The zero-order valence-corrected chi connectivity index (χ0v) is 12.6. The molecule has 1 aromatic rings. The average molecular weight is 274 g/mol. The van der Waals surface area contributed by atoms with Crippen LogP contribution in [0.1, 0.15) is 29.5 Å². The van der Waals surface area contributed by atoms with E-state index in [-0.39, 0.29) is 12.1 Å². The second-order valence-electron chi connectivity index (χ2n) is 6.45. The van der Waals surface area contributed by atoms with Crippen LogP contribution in [0.15, 0.2) is 18.2 Å². The largest absolute Gasteiger partial charge is 0.374 e. The first kappa shape index (κ1) is 14.1. The van der Waals surface area contributed by atoms with Crippen molar-refractivity contribution in [2.45, 2.75) is 51.3 Å². The summed E-state index contributed by atoms with van der Waals surface area (Å²) in [6, 6.07) is 7.40. The van der Waals surface area contributed by atoms with Gasteiger partial charge in [-0.3, -0.25) is 4.90 Å². The molecule has 3 nitrogen and oxygen atoms in total. The summed E-state index contributed by atoms with van der Waals surface area (Å²) in [5, 5.41) is 0. The Morgan fingerprint density at radius 3 is 3.00 bits per heavy atom. The Morgan fingerprint density at radius 2 is 2.20 bits per heavy atom. The SMILES string of the molecule is Cc1ccc(CC(N)C2CN3CCCC3CO2)cc1C. The van der Waals surface area contributed by atoms with Crippen LogP contribution in [0.3, 0.4) is 0 Å². The van der Waals surface area contributed by atoms with Crippen molar-refractivity contribution in [1.82, 2.24) is 4.90 Å². The first-order chi connectivity index (χ1) is 9.63. The third-order valence-corrected chi connectivity index (χ3v) is 4.94. The highest BCUT2D eigenvalue weighted by Crippen LogP contribution is 2.24. The van der Waals surface area contributed by atoms with Gasteiger partial charge in [0.2, 0.25) is 0 Å². The molecule has 1 aromatic carbocycles. The summed E-state index contributed by atoms with van der Waals surface area (Å²) in [6.07, 6.45) is 3.70. The van der Waals surface area contributed by atoms with Crippen LogP contribution in [0.4, 0.5) is 0 Å². The standard InChI is InChI=1S/C17H26N2O/c1-12-5-6-14(8-13(12)2)9-16(18)17-10-19-7-3-4-15(19)11-20-17/h5-6,8,15-17H,3-4,7,9-11,18H2,1-2H3. The highest BCUT2D eigenvalue weighted by molar-refractivity contribution is 5.30. The molecule has 2 aliphatic rings. The minimum atomic E-state index is 0.0960. The van der Waals surface area contributed by atoms with Gasteiger partial charge in [-0.2, -0.15) is 0 Å². The fraction of sp³-hybridized carbons (Fsp3) is 0.647. The number of nitrogens with zero attached hydrogens (tertiary/aromatic N) is 1. The zero-order valence-electron chi connectivity index (χ0n) is 12.6. The fourth-order valence-electron chi connectivity index (χ4n) is 3.44. The Hall–Kier alpha value is -0.900. The van der Waals surface area contributed by atoms with E-state index in [0.717, 1.165) is 19.6 Å². The lowest BCUT2D eigenvalue weighted by atomic mass is 9.97. The van der Waals surface area contributed by atoms with E-state index < -0.39 is 0 Å². The Bertz CT molecular complexity index is 474. The molecule has 3 heteroatoms. The highest BCUT2D eigenvalue weighted by Gasteiger charge is 2.34. The van der Waals surface area contributed by atoms with Crippen LogP contribution in [0.5, 0.6) is 0 Å². The van der Waals surface area contributed by atoms with Crippen LogP contribution in [0.2, 0.25) is 0 Å². The minimum absolute atomic E-state index is 0.0960. The molecule has 0 amide bonds. The van der Waals surface area contributed by atoms with E-state index in [4.69, 9.17) is 10.5 Å². The molecule has 3 rings (SSSR count). The second kappa shape index (κ2) is 5.84. The molecule has 2 fully saturated rings. The first-order valence-corrected chi connectivity index (χ1v) is 7.81. The van der Waals surface area contributed by atoms with E-state index in [1.54, 1.807) is 0 Å². The van der Waals surface area contributed by atoms with E-state index in [9.17, 15) is 0 Å². The predicted molar refractivity (Wildman–Crippen MR) is 81.9 cm³/mol. The smallest absolute Gasteiger partial charge is 0.0856 e. The molecule has 0 aliphatic carbocycles. The summed E-state index contributed by atoms with van der Waals surface area (Å²) >= 11 is 0. The molecule has 110 valence electrons. The molecular weight excluding hydrogens is 248 g/mol. The van der Waals surface area contributed by atoms with E-state index in [1.165, 1.54) is 36.1 Å². The van der Waals surface area contributed by atoms with E-state index in [2.05, 4.69) is 36.9 Å². The van der Waals surface area contributed by atoms with Gasteiger partial charge in [0.1, 0.15) is 0 Å². The second-order valence-corrected chi connectivity index (χ2v) is 6.45. The van der Waals surface area contributed by atoms with E-state index in [1.807, 2.05) is 0 Å². The minimum Gasteiger partial charge on any atom is -0.374 e. The maximum absolute atomic E-state index is 6.40. The normalized spacial score (nSPS) is 28.4. The van der Waals surface area contributed by atoms with Crippen LogP contribution < -0.4 is 5.73 Å². The molecule has 3 unspecified atom stereocenters. The number of hydrogen-bond donors (Lipinski definition) is 1.